The Balaban J connectivity index is 1.46. The lowest BCUT2D eigenvalue weighted by Crippen LogP contribution is -2.38. The summed E-state index contributed by atoms with van der Waals surface area (Å²) in [6.45, 7) is 3.58. The number of carbonyl (C=O) groups is 1. The summed E-state index contributed by atoms with van der Waals surface area (Å²) in [6.07, 6.45) is 2.75. The van der Waals surface area contributed by atoms with E-state index in [0.29, 0.717) is 31.1 Å². The third-order valence-corrected chi connectivity index (χ3v) is 6.36. The maximum absolute atomic E-state index is 12.9. The maximum Gasteiger partial charge on any atom is 0.321 e. The summed E-state index contributed by atoms with van der Waals surface area (Å²) in [5.41, 5.74) is 4.98. The number of hydrogen-bond acceptors (Lipinski definition) is 4. The first-order valence-corrected chi connectivity index (χ1v) is 11.6. The lowest BCUT2D eigenvalue weighted by molar-refractivity contribution is 0.155. The predicted octanol–water partition coefficient (Wildman–Crippen LogP) is 5.75. The van der Waals surface area contributed by atoms with Gasteiger partial charge in [0, 0.05) is 60.2 Å². The summed E-state index contributed by atoms with van der Waals surface area (Å²) < 4.78 is 7.31. The van der Waals surface area contributed by atoms with E-state index in [0.717, 1.165) is 33.2 Å². The zero-order valence-electron chi connectivity index (χ0n) is 18.0. The molecular formula is C24H25ClN4O2S. The summed E-state index contributed by atoms with van der Waals surface area (Å²) >= 11 is 7.60. The van der Waals surface area contributed by atoms with Crippen LogP contribution in [0.4, 0.5) is 10.5 Å². The predicted molar refractivity (Wildman–Crippen MR) is 131 cm³/mol. The first kappa shape index (κ1) is 22.3. The zero-order valence-corrected chi connectivity index (χ0v) is 19.6. The number of anilines is 1. The minimum absolute atomic E-state index is 0.134. The molecule has 0 aliphatic carbocycles. The second-order valence-electron chi connectivity index (χ2n) is 7.54. The molecular weight excluding hydrogens is 444 g/mol. The molecule has 0 atom stereocenters. The molecule has 0 fully saturated rings. The number of carbonyl (C=O) groups excluding carboxylic acids is 1. The third-order valence-electron chi connectivity index (χ3n) is 5.22. The average molecular weight is 469 g/mol. The molecule has 6 nitrogen and oxygen atoms in total. The number of ether oxygens (including phenoxy) is 1. The van der Waals surface area contributed by atoms with Gasteiger partial charge in [-0.2, -0.15) is 0 Å². The summed E-state index contributed by atoms with van der Waals surface area (Å²) in [5.74, 6) is 0. The van der Waals surface area contributed by atoms with Crippen LogP contribution in [0.5, 0.6) is 0 Å². The molecule has 0 bridgehead atoms. The van der Waals surface area contributed by atoms with Crippen molar-refractivity contribution in [1.82, 2.24) is 14.3 Å². The number of amides is 2. The molecule has 0 spiro atoms. The van der Waals surface area contributed by atoms with E-state index in [-0.39, 0.29) is 6.03 Å². The van der Waals surface area contributed by atoms with E-state index in [2.05, 4.69) is 15.1 Å². The average Bonchev–Trinajstić information content (AvgIpc) is 3.37. The first-order chi connectivity index (χ1) is 15.5. The van der Waals surface area contributed by atoms with Gasteiger partial charge in [0.15, 0.2) is 4.96 Å². The number of imidazole rings is 1. The molecule has 0 radical (unpaired) electrons. The van der Waals surface area contributed by atoms with Gasteiger partial charge in [0.1, 0.15) is 0 Å². The summed E-state index contributed by atoms with van der Waals surface area (Å²) in [7, 11) is 1.64. The van der Waals surface area contributed by atoms with E-state index in [1.807, 2.05) is 61.7 Å². The van der Waals surface area contributed by atoms with Crippen molar-refractivity contribution in [2.24, 2.45) is 0 Å². The number of aromatic nitrogens is 2. The number of fused-ring (bicyclic) bond motifs is 1. The van der Waals surface area contributed by atoms with Crippen LogP contribution < -0.4 is 5.32 Å². The van der Waals surface area contributed by atoms with Crippen LogP contribution in [0.1, 0.15) is 11.3 Å². The lowest BCUT2D eigenvalue weighted by Gasteiger charge is -2.22. The number of hydrogen-bond donors (Lipinski definition) is 1. The van der Waals surface area contributed by atoms with Gasteiger partial charge in [-0.3, -0.25) is 4.40 Å². The molecule has 1 N–H and O–H groups in total. The van der Waals surface area contributed by atoms with Gasteiger partial charge in [-0.25, -0.2) is 9.78 Å². The Kier molecular flexibility index (Phi) is 7.09. The molecule has 4 rings (SSSR count). The molecule has 8 heteroatoms. The normalized spacial score (nSPS) is 11.1. The van der Waals surface area contributed by atoms with Gasteiger partial charge in [-0.15, -0.1) is 11.3 Å². The third kappa shape index (κ3) is 5.30. The number of rotatable bonds is 8. The Hall–Kier alpha value is -2.87. The van der Waals surface area contributed by atoms with Crippen molar-refractivity contribution in [3.05, 3.63) is 76.4 Å². The van der Waals surface area contributed by atoms with Crippen LogP contribution in [-0.2, 0) is 11.2 Å². The maximum atomic E-state index is 12.9. The van der Waals surface area contributed by atoms with Crippen molar-refractivity contribution < 1.29 is 9.53 Å². The van der Waals surface area contributed by atoms with Crippen LogP contribution in [0.15, 0.2) is 60.1 Å². The van der Waals surface area contributed by atoms with Crippen LogP contribution >= 0.6 is 22.9 Å². The minimum atomic E-state index is -0.134. The molecule has 0 aliphatic rings. The van der Waals surface area contributed by atoms with Crippen molar-refractivity contribution in [2.75, 3.05) is 32.1 Å². The Labute approximate surface area is 196 Å². The molecule has 0 unspecified atom stereocenters. The molecule has 2 aromatic heterocycles. The Morgan fingerprint density at radius 2 is 1.91 bits per heavy atom. The standard InChI is InChI=1S/C24H25ClN4O2S/c1-17-3-9-20(10-4-17)26-23(30)28(13-14-31-2)12-11-21-16-32-24-27-22(15-29(21)24)18-5-7-19(25)8-6-18/h3-10,15-16H,11-14H2,1-2H3,(H,26,30). The van der Waals surface area contributed by atoms with Crippen LogP contribution in [0, 0.1) is 6.92 Å². The van der Waals surface area contributed by atoms with Gasteiger partial charge >= 0.3 is 6.03 Å². The van der Waals surface area contributed by atoms with Gasteiger partial charge in [0.2, 0.25) is 0 Å². The molecule has 2 aromatic carbocycles. The van der Waals surface area contributed by atoms with E-state index >= 15 is 0 Å². The molecule has 166 valence electrons. The summed E-state index contributed by atoms with van der Waals surface area (Å²) in [6, 6.07) is 15.3. The zero-order chi connectivity index (χ0) is 22.5. The second-order valence-corrected chi connectivity index (χ2v) is 8.81. The number of thiazole rings is 1. The van der Waals surface area contributed by atoms with Gasteiger partial charge in [-0.1, -0.05) is 41.4 Å². The number of methoxy groups -OCH3 is 1. The highest BCUT2D eigenvalue weighted by molar-refractivity contribution is 7.15. The molecule has 0 saturated heterocycles. The monoisotopic (exact) mass is 468 g/mol. The van der Waals surface area contributed by atoms with Crippen LogP contribution in [-0.4, -0.2) is 47.1 Å². The molecule has 32 heavy (non-hydrogen) atoms. The van der Waals surface area contributed by atoms with E-state index < -0.39 is 0 Å². The van der Waals surface area contributed by atoms with Gasteiger partial charge in [0.25, 0.3) is 0 Å². The SMILES string of the molecule is COCCN(CCc1csc2nc(-c3ccc(Cl)cc3)cn12)C(=O)Nc1ccc(C)cc1. The molecule has 0 aliphatic heterocycles. The Morgan fingerprint density at radius 3 is 2.62 bits per heavy atom. The lowest BCUT2D eigenvalue weighted by atomic mass is 10.2. The first-order valence-electron chi connectivity index (χ1n) is 10.4. The highest BCUT2D eigenvalue weighted by Crippen LogP contribution is 2.25. The van der Waals surface area contributed by atoms with E-state index in [1.165, 1.54) is 0 Å². The molecule has 0 saturated carbocycles. The molecule has 2 amide bonds. The highest BCUT2D eigenvalue weighted by atomic mass is 35.5. The quantitative estimate of drug-likeness (QED) is 0.358. The van der Waals surface area contributed by atoms with Crippen molar-refractivity contribution in [2.45, 2.75) is 13.3 Å². The van der Waals surface area contributed by atoms with Gasteiger partial charge in [0.05, 0.1) is 12.3 Å². The van der Waals surface area contributed by atoms with Crippen LogP contribution in [0.25, 0.3) is 16.2 Å². The fourth-order valence-electron chi connectivity index (χ4n) is 3.37. The summed E-state index contributed by atoms with van der Waals surface area (Å²) in [5, 5.41) is 5.78. The second kappa shape index (κ2) is 10.2. The van der Waals surface area contributed by atoms with Crippen molar-refractivity contribution in [1.29, 1.82) is 0 Å². The van der Waals surface area contributed by atoms with E-state index in [4.69, 9.17) is 21.3 Å². The number of halogens is 1. The van der Waals surface area contributed by atoms with E-state index in [1.54, 1.807) is 23.3 Å². The van der Waals surface area contributed by atoms with Crippen molar-refractivity contribution in [3.8, 4) is 11.3 Å². The summed E-state index contributed by atoms with van der Waals surface area (Å²) in [4.78, 5) is 20.3. The number of nitrogens with zero attached hydrogens (tertiary/aromatic N) is 3. The number of benzene rings is 2. The fourth-order valence-corrected chi connectivity index (χ4v) is 4.41. The number of nitrogens with one attached hydrogen (secondary N) is 1. The number of urea groups is 1. The number of aryl methyl sites for hydroxylation is 1. The van der Waals surface area contributed by atoms with Gasteiger partial charge < -0.3 is 15.0 Å². The molecule has 2 heterocycles. The van der Waals surface area contributed by atoms with Crippen molar-refractivity contribution in [3.63, 3.8) is 0 Å². The topological polar surface area (TPSA) is 58.9 Å². The van der Waals surface area contributed by atoms with Crippen LogP contribution in [0.3, 0.4) is 0 Å². The van der Waals surface area contributed by atoms with Crippen LogP contribution in [0.2, 0.25) is 5.02 Å². The Bertz CT molecular complexity index is 1190. The van der Waals surface area contributed by atoms with Gasteiger partial charge in [-0.05, 0) is 31.2 Å². The molecule has 4 aromatic rings. The largest absolute Gasteiger partial charge is 0.383 e. The van der Waals surface area contributed by atoms with E-state index in [9.17, 15) is 4.79 Å². The fraction of sp³-hybridized carbons (Fsp3) is 0.250. The Morgan fingerprint density at radius 1 is 1.16 bits per heavy atom. The smallest absolute Gasteiger partial charge is 0.321 e. The highest BCUT2D eigenvalue weighted by Gasteiger charge is 2.16. The van der Waals surface area contributed by atoms with Crippen molar-refractivity contribution >= 4 is 39.6 Å². The minimum Gasteiger partial charge on any atom is -0.383 e.